The van der Waals surface area contributed by atoms with Gasteiger partial charge in [0.25, 0.3) is 0 Å². The van der Waals surface area contributed by atoms with Crippen LogP contribution >= 0.6 is 0 Å². The Kier molecular flexibility index (Phi) is 24.3. The Labute approximate surface area is 397 Å². The fourth-order valence-electron chi connectivity index (χ4n) is 9.81. The lowest BCUT2D eigenvalue weighted by atomic mass is 9.78. The molecular formula is C49H89N7O10. The maximum absolute atomic E-state index is 14.5. The molecule has 13 atom stereocenters. The van der Waals surface area contributed by atoms with E-state index in [2.05, 4.69) is 15.3 Å². The molecule has 3 aliphatic rings. The molecule has 17 nitrogen and oxygen atoms in total. The van der Waals surface area contributed by atoms with Crippen LogP contribution in [0.25, 0.3) is 11.4 Å². The van der Waals surface area contributed by atoms with E-state index in [1.807, 2.05) is 78.0 Å². The molecule has 3 saturated heterocycles. The van der Waals surface area contributed by atoms with E-state index in [1.54, 1.807) is 41.6 Å². The van der Waals surface area contributed by atoms with Crippen molar-refractivity contribution in [2.75, 3.05) is 34.3 Å². The molecule has 2 amide bonds. The second-order valence-corrected chi connectivity index (χ2v) is 18.1. The van der Waals surface area contributed by atoms with Gasteiger partial charge in [0.05, 0.1) is 41.8 Å². The van der Waals surface area contributed by atoms with E-state index in [0.29, 0.717) is 44.5 Å². The van der Waals surface area contributed by atoms with Gasteiger partial charge in [0.15, 0.2) is 17.7 Å². The average molecular weight is 936 g/mol. The summed E-state index contributed by atoms with van der Waals surface area (Å²) in [6.45, 7) is 17.0. The number of ether oxygens (including phenoxy) is 5. The number of aliphatic hydroxyl groups excluding tert-OH is 1. The van der Waals surface area contributed by atoms with E-state index in [0.717, 1.165) is 5.69 Å². The first kappa shape index (κ1) is 62.0. The number of hydrogen-bond donors (Lipinski definition) is 1. The van der Waals surface area contributed by atoms with Crippen LogP contribution in [0.3, 0.4) is 0 Å². The topological polar surface area (TPSA) is 188 Å². The number of amides is 2. The predicted octanol–water partition coefficient (Wildman–Crippen LogP) is 7.54. The summed E-state index contributed by atoms with van der Waals surface area (Å²) in [6.07, 6.45) is 1.02. The average Bonchev–Trinajstić information content (AvgIpc) is 3.80. The van der Waals surface area contributed by atoms with Crippen LogP contribution in [0.4, 0.5) is 4.79 Å². The number of carbonyl (C=O) groups excluding carboxylic acids is 4. The molecule has 0 radical (unpaired) electrons. The van der Waals surface area contributed by atoms with E-state index in [9.17, 15) is 24.3 Å². The Morgan fingerprint density at radius 1 is 0.985 bits per heavy atom. The molecule has 5 rings (SSSR count). The summed E-state index contributed by atoms with van der Waals surface area (Å²) in [5.74, 6) is -3.82. The first-order valence-corrected chi connectivity index (χ1v) is 21.8. The molecule has 0 bridgehead atoms. The second kappa shape index (κ2) is 25.9. The number of aromatic nitrogens is 4. The minimum absolute atomic E-state index is 0. The number of Topliss-reactive ketones (excluding diaryl/α,β-unsaturated/α-hetero) is 1. The van der Waals surface area contributed by atoms with Gasteiger partial charge in [-0.15, -0.1) is 5.10 Å². The zero-order valence-corrected chi connectivity index (χ0v) is 38.1. The number of unbranched alkanes of at least 4 members (excludes halogenated alkanes) is 1. The summed E-state index contributed by atoms with van der Waals surface area (Å²) in [6, 6.07) is 4.00. The number of hydrogen-bond acceptors (Lipinski definition) is 14. The van der Waals surface area contributed by atoms with Crippen molar-refractivity contribution < 1.29 is 48.0 Å². The highest BCUT2D eigenvalue weighted by molar-refractivity contribution is 6.00. The molecule has 2 aromatic rings. The highest BCUT2D eigenvalue weighted by Crippen LogP contribution is 2.41. The molecule has 17 heteroatoms. The Bertz CT molecular complexity index is 1820. The van der Waals surface area contributed by atoms with Crippen LogP contribution in [-0.4, -0.2) is 158 Å². The number of aryl methyl sites for hydroxylation is 1. The van der Waals surface area contributed by atoms with Gasteiger partial charge in [-0.1, -0.05) is 69.2 Å². The maximum atomic E-state index is 14.5. The van der Waals surface area contributed by atoms with Crippen LogP contribution < -0.4 is 0 Å². The van der Waals surface area contributed by atoms with E-state index in [1.165, 1.54) is 13.8 Å². The standard InChI is InChI=1S/C44H69N7O10.5CH4/c1-13-35-44(9)38(50(42(56)61-44)21-17-16-20-49-25-33(46-47-49)32-18-14-15-19-45-32)30(6)51(31(7)52)24-26(2)23-43(8,57-12)39(28(4)36(53)29(5)40(55)59-35)60-41-37(54)34(48(10)11)22-27(3)58-41;;;;;/h14-15,18-19,25-30,34-35,37-39,41,54H,13,16-17,20-24H2,1-12H3;5*1H4/t26-,27?,28-,29-,30-,34?,35-,37?,38-,39-,41+,43-,44-;;;;;/m1...../s1. The molecule has 0 saturated carbocycles. The van der Waals surface area contributed by atoms with Crippen LogP contribution in [0.15, 0.2) is 30.6 Å². The molecule has 0 aliphatic carbocycles. The van der Waals surface area contributed by atoms with Gasteiger partial charge in [-0.3, -0.25) is 28.9 Å². The normalized spacial score (nSPS) is 32.9. The fourth-order valence-corrected chi connectivity index (χ4v) is 9.81. The molecule has 5 heterocycles. The molecule has 3 unspecified atom stereocenters. The Balaban J connectivity index is 0.00000845. The molecule has 66 heavy (non-hydrogen) atoms. The van der Waals surface area contributed by atoms with Gasteiger partial charge in [-0.05, 0) is 98.9 Å². The van der Waals surface area contributed by atoms with Crippen molar-refractivity contribution in [1.29, 1.82) is 0 Å². The number of carbonyl (C=O) groups is 4. The minimum atomic E-state index is -1.39. The van der Waals surface area contributed by atoms with E-state index >= 15 is 0 Å². The van der Waals surface area contributed by atoms with Crippen LogP contribution in [0.2, 0.25) is 0 Å². The predicted molar refractivity (Wildman–Crippen MR) is 258 cm³/mol. The molecule has 380 valence electrons. The third-order valence-electron chi connectivity index (χ3n) is 13.2. The molecule has 1 N–H and O–H groups in total. The summed E-state index contributed by atoms with van der Waals surface area (Å²) in [5.41, 5.74) is -1.18. The van der Waals surface area contributed by atoms with Crippen LogP contribution in [0, 0.1) is 17.8 Å². The summed E-state index contributed by atoms with van der Waals surface area (Å²) < 4.78 is 33.3. The number of likely N-dealkylation sites (N-methyl/N-ethyl adjacent to an activating group) is 1. The van der Waals surface area contributed by atoms with Gasteiger partial charge in [-0.25, -0.2) is 4.79 Å². The zero-order valence-electron chi connectivity index (χ0n) is 38.1. The number of rotatable bonds is 11. The number of methoxy groups -OCH3 is 1. The van der Waals surface area contributed by atoms with Crippen molar-refractivity contribution in [2.45, 2.75) is 198 Å². The van der Waals surface area contributed by atoms with Crippen molar-refractivity contribution >= 4 is 23.8 Å². The number of fused-ring (bicyclic) bond motifs is 1. The van der Waals surface area contributed by atoms with Crippen LogP contribution in [0.1, 0.15) is 132 Å². The van der Waals surface area contributed by atoms with Crippen molar-refractivity contribution in [3.63, 3.8) is 0 Å². The van der Waals surface area contributed by atoms with E-state index < -0.39 is 77.6 Å². The lowest BCUT2D eigenvalue weighted by Crippen LogP contribution is -2.62. The van der Waals surface area contributed by atoms with Gasteiger partial charge in [0.2, 0.25) is 5.91 Å². The number of nitrogens with zero attached hydrogens (tertiary/aromatic N) is 7. The lowest BCUT2D eigenvalue weighted by molar-refractivity contribution is -0.295. The highest BCUT2D eigenvalue weighted by Gasteiger charge is 2.60. The Morgan fingerprint density at radius 3 is 2.21 bits per heavy atom. The minimum Gasteiger partial charge on any atom is -0.458 e. The first-order valence-electron chi connectivity index (χ1n) is 21.8. The van der Waals surface area contributed by atoms with Gasteiger partial charge in [0, 0.05) is 51.8 Å². The highest BCUT2D eigenvalue weighted by atomic mass is 16.7. The molecule has 0 spiro atoms. The number of cyclic esters (lactones) is 1. The third-order valence-corrected chi connectivity index (χ3v) is 13.2. The number of pyridine rings is 1. The SMILES string of the molecule is C.C.C.C.C.CC[C@H]1OC(=O)[C@H](C)C(=O)[C@@H](C)[C@@H](O[C@@H]2OC(C)CC(N(C)C)C2O)[C@](C)(OC)C[C@@H](C)CN(C(C)=O)[C@H](C)[C@H]2N(CCCCn3cc(-c4ccccn4)nn3)C(=O)O[C@]12C. The first-order chi connectivity index (χ1) is 28.8. The van der Waals surface area contributed by atoms with Gasteiger partial charge < -0.3 is 38.6 Å². The van der Waals surface area contributed by atoms with Crippen LogP contribution in [0.5, 0.6) is 0 Å². The Morgan fingerprint density at radius 2 is 1.64 bits per heavy atom. The summed E-state index contributed by atoms with van der Waals surface area (Å²) in [4.78, 5) is 66.0. The third kappa shape index (κ3) is 13.4. The summed E-state index contributed by atoms with van der Waals surface area (Å²) in [5, 5.41) is 20.0. The van der Waals surface area contributed by atoms with Crippen molar-refractivity contribution in [1.82, 2.24) is 34.7 Å². The molecule has 2 aromatic heterocycles. The number of aliphatic hydroxyl groups is 1. The van der Waals surface area contributed by atoms with E-state index in [-0.39, 0.29) is 74.1 Å². The van der Waals surface area contributed by atoms with E-state index in [4.69, 9.17) is 23.7 Å². The monoisotopic (exact) mass is 936 g/mol. The van der Waals surface area contributed by atoms with Crippen molar-refractivity contribution in [2.24, 2.45) is 17.8 Å². The smallest absolute Gasteiger partial charge is 0.410 e. The summed E-state index contributed by atoms with van der Waals surface area (Å²) in [7, 11) is 5.31. The van der Waals surface area contributed by atoms with Crippen LogP contribution in [-0.2, 0) is 44.6 Å². The molecule has 3 fully saturated rings. The Hall–Kier alpha value is -4.03. The van der Waals surface area contributed by atoms with Crippen molar-refractivity contribution in [3.05, 3.63) is 30.6 Å². The maximum Gasteiger partial charge on any atom is 0.410 e. The van der Waals surface area contributed by atoms with Gasteiger partial charge in [-0.2, -0.15) is 0 Å². The van der Waals surface area contributed by atoms with Gasteiger partial charge in [0.1, 0.15) is 23.8 Å². The van der Waals surface area contributed by atoms with Gasteiger partial charge >= 0.3 is 12.1 Å². The lowest BCUT2D eigenvalue weighted by Gasteiger charge is -2.47. The molecule has 0 aromatic carbocycles. The quantitative estimate of drug-likeness (QED) is 0.132. The largest absolute Gasteiger partial charge is 0.458 e. The number of esters is 1. The number of ketones is 1. The zero-order chi connectivity index (χ0) is 45.0. The van der Waals surface area contributed by atoms with Crippen molar-refractivity contribution in [3.8, 4) is 11.4 Å². The molecular weight excluding hydrogens is 847 g/mol. The molecule has 3 aliphatic heterocycles. The second-order valence-electron chi connectivity index (χ2n) is 18.1. The fraction of sp³-hybridized carbons (Fsp3) is 0.776. The summed E-state index contributed by atoms with van der Waals surface area (Å²) >= 11 is 0.